The summed E-state index contributed by atoms with van der Waals surface area (Å²) in [5, 5.41) is 3.89. The Morgan fingerprint density at radius 1 is 1.26 bits per heavy atom. The van der Waals surface area contributed by atoms with E-state index in [1.165, 1.54) is 27.4 Å². The van der Waals surface area contributed by atoms with Crippen LogP contribution < -0.4 is 0 Å². The van der Waals surface area contributed by atoms with Gasteiger partial charge in [-0.05, 0) is 26.0 Å². The van der Waals surface area contributed by atoms with E-state index < -0.39 is 15.8 Å². The molecule has 1 aliphatic rings. The Morgan fingerprint density at radius 2 is 1.93 bits per heavy atom. The number of carbonyl (C=O) groups excluding carboxylic acids is 1. The largest absolute Gasteiger partial charge is 0.360 e. The molecule has 1 aliphatic heterocycles. The summed E-state index contributed by atoms with van der Waals surface area (Å²) < 4.78 is 45.7. The molecule has 0 saturated carbocycles. The number of rotatable bonds is 4. The van der Waals surface area contributed by atoms with Crippen molar-refractivity contribution in [3.05, 3.63) is 46.1 Å². The molecule has 0 bridgehead atoms. The molecule has 0 spiro atoms. The van der Waals surface area contributed by atoms with Crippen LogP contribution in [0.3, 0.4) is 0 Å². The molecule has 2 heterocycles. The highest BCUT2D eigenvalue weighted by Gasteiger charge is 2.34. The van der Waals surface area contributed by atoms with Crippen molar-refractivity contribution in [2.45, 2.75) is 25.2 Å². The van der Waals surface area contributed by atoms with Gasteiger partial charge in [0.2, 0.25) is 15.9 Å². The van der Waals surface area contributed by atoms with Crippen molar-refractivity contribution in [2.75, 3.05) is 26.2 Å². The lowest BCUT2D eigenvalue weighted by Crippen LogP contribution is -2.51. The van der Waals surface area contributed by atoms with Crippen molar-refractivity contribution in [1.29, 1.82) is 0 Å². The zero-order valence-corrected chi connectivity index (χ0v) is 16.5. The Bertz CT molecular complexity index is 929. The van der Waals surface area contributed by atoms with E-state index in [9.17, 15) is 17.6 Å². The number of aromatic nitrogens is 1. The van der Waals surface area contributed by atoms with Gasteiger partial charge in [0, 0.05) is 36.8 Å². The molecule has 1 amide bonds. The summed E-state index contributed by atoms with van der Waals surface area (Å²) in [5.41, 5.74) is 0.454. The standard InChI is InChI=1S/C17H19ClFN3O4S/c1-11-17(12(2)26-20-11)27(24,25)22-8-6-21(7-9-22)16(23)10-13-14(18)4-3-5-15(13)19/h3-5H,6-10H2,1-2H3. The lowest BCUT2D eigenvalue weighted by molar-refractivity contribution is -0.131. The lowest BCUT2D eigenvalue weighted by atomic mass is 10.1. The lowest BCUT2D eigenvalue weighted by Gasteiger charge is -2.34. The average Bonchev–Trinajstić information content (AvgIpc) is 2.97. The Hall–Kier alpha value is -1.97. The second-order valence-electron chi connectivity index (χ2n) is 6.32. The fourth-order valence-corrected chi connectivity index (χ4v) is 5.06. The molecule has 0 radical (unpaired) electrons. The van der Waals surface area contributed by atoms with Gasteiger partial charge in [-0.25, -0.2) is 12.8 Å². The van der Waals surface area contributed by atoms with Crippen molar-refractivity contribution < 1.29 is 22.1 Å². The fourth-order valence-electron chi connectivity index (χ4n) is 3.11. The summed E-state index contributed by atoms with van der Waals surface area (Å²) in [6.45, 7) is 3.83. The number of nitrogens with zero attached hydrogens (tertiary/aromatic N) is 3. The van der Waals surface area contributed by atoms with E-state index in [0.29, 0.717) is 5.69 Å². The van der Waals surface area contributed by atoms with Gasteiger partial charge in [0.1, 0.15) is 16.4 Å². The maximum atomic E-state index is 13.9. The van der Waals surface area contributed by atoms with E-state index in [1.54, 1.807) is 13.8 Å². The predicted octanol–water partition coefficient (Wildman–Crippen LogP) is 2.16. The minimum absolute atomic E-state index is 0.0698. The van der Waals surface area contributed by atoms with Gasteiger partial charge in [-0.15, -0.1) is 0 Å². The van der Waals surface area contributed by atoms with Crippen LogP contribution in [0.15, 0.2) is 27.6 Å². The van der Waals surface area contributed by atoms with Gasteiger partial charge in [-0.1, -0.05) is 22.8 Å². The third-order valence-corrected chi connectivity index (χ3v) is 7.04. The molecule has 1 aromatic carbocycles. The SMILES string of the molecule is Cc1noc(C)c1S(=O)(=O)N1CCN(C(=O)Cc2c(F)cccc2Cl)CC1. The second kappa shape index (κ2) is 7.57. The Labute approximate surface area is 161 Å². The second-order valence-corrected chi connectivity index (χ2v) is 8.60. The van der Waals surface area contributed by atoms with E-state index in [-0.39, 0.29) is 59.7 Å². The van der Waals surface area contributed by atoms with Crippen LogP contribution in [0.25, 0.3) is 0 Å². The predicted molar refractivity (Wildman–Crippen MR) is 96.4 cm³/mol. The first-order valence-corrected chi connectivity index (χ1v) is 10.2. The van der Waals surface area contributed by atoms with E-state index in [2.05, 4.69) is 5.16 Å². The van der Waals surface area contributed by atoms with Crippen LogP contribution in [0.2, 0.25) is 5.02 Å². The topological polar surface area (TPSA) is 83.7 Å². The minimum atomic E-state index is -3.74. The fraction of sp³-hybridized carbons (Fsp3) is 0.412. The third-order valence-electron chi connectivity index (χ3n) is 4.55. The quantitative estimate of drug-likeness (QED) is 0.764. The first-order valence-electron chi connectivity index (χ1n) is 8.35. The van der Waals surface area contributed by atoms with Gasteiger partial charge in [0.15, 0.2) is 5.76 Å². The molecule has 0 N–H and O–H groups in total. The molecular formula is C17H19ClFN3O4S. The number of carbonyl (C=O) groups is 1. The maximum absolute atomic E-state index is 13.9. The smallest absolute Gasteiger partial charge is 0.248 e. The number of halogens is 2. The monoisotopic (exact) mass is 415 g/mol. The van der Waals surface area contributed by atoms with Crippen LogP contribution in [0, 0.1) is 19.7 Å². The molecule has 1 saturated heterocycles. The maximum Gasteiger partial charge on any atom is 0.248 e. The molecule has 0 unspecified atom stereocenters. The zero-order chi connectivity index (χ0) is 19.8. The summed E-state index contributed by atoms with van der Waals surface area (Å²) in [7, 11) is -3.74. The van der Waals surface area contributed by atoms with Gasteiger partial charge >= 0.3 is 0 Å². The molecule has 1 aromatic heterocycles. The normalized spacial score (nSPS) is 15.9. The van der Waals surface area contributed by atoms with Gasteiger partial charge < -0.3 is 9.42 Å². The van der Waals surface area contributed by atoms with E-state index in [4.69, 9.17) is 16.1 Å². The molecule has 27 heavy (non-hydrogen) atoms. The zero-order valence-electron chi connectivity index (χ0n) is 14.9. The summed E-state index contributed by atoms with van der Waals surface area (Å²) in [6.07, 6.45) is -0.165. The third kappa shape index (κ3) is 3.85. The number of aryl methyl sites for hydroxylation is 2. The first-order chi connectivity index (χ1) is 12.7. The Morgan fingerprint density at radius 3 is 2.48 bits per heavy atom. The first kappa shape index (κ1) is 19.8. The highest BCUT2D eigenvalue weighted by Crippen LogP contribution is 2.25. The number of benzene rings is 1. The van der Waals surface area contributed by atoms with Crippen molar-refractivity contribution >= 4 is 27.5 Å². The molecule has 0 aliphatic carbocycles. The molecular weight excluding hydrogens is 397 g/mol. The highest BCUT2D eigenvalue weighted by atomic mass is 35.5. The molecule has 7 nitrogen and oxygen atoms in total. The Kier molecular flexibility index (Phi) is 5.55. The van der Waals surface area contributed by atoms with Crippen LogP contribution in [0.4, 0.5) is 4.39 Å². The summed E-state index contributed by atoms with van der Waals surface area (Å²) in [6, 6.07) is 4.26. The number of piperazine rings is 1. The number of sulfonamides is 1. The van der Waals surface area contributed by atoms with Gasteiger partial charge in [-0.3, -0.25) is 4.79 Å². The van der Waals surface area contributed by atoms with Crippen molar-refractivity contribution in [3.63, 3.8) is 0 Å². The van der Waals surface area contributed by atoms with Crippen LogP contribution >= 0.6 is 11.6 Å². The molecule has 2 aromatic rings. The minimum Gasteiger partial charge on any atom is -0.360 e. The van der Waals surface area contributed by atoms with Gasteiger partial charge in [0.25, 0.3) is 0 Å². The van der Waals surface area contributed by atoms with Crippen LogP contribution in [0.5, 0.6) is 0 Å². The highest BCUT2D eigenvalue weighted by molar-refractivity contribution is 7.89. The molecule has 3 rings (SSSR count). The number of hydrogen-bond acceptors (Lipinski definition) is 5. The summed E-state index contributed by atoms with van der Waals surface area (Å²) in [5.74, 6) is -0.591. The van der Waals surface area contributed by atoms with E-state index >= 15 is 0 Å². The van der Waals surface area contributed by atoms with Crippen molar-refractivity contribution in [1.82, 2.24) is 14.4 Å². The number of hydrogen-bond donors (Lipinski definition) is 0. The van der Waals surface area contributed by atoms with Crippen molar-refractivity contribution in [2.24, 2.45) is 0 Å². The molecule has 10 heteroatoms. The Balaban J connectivity index is 1.68. The number of amides is 1. The summed E-state index contributed by atoms with van der Waals surface area (Å²) in [4.78, 5) is 14.1. The van der Waals surface area contributed by atoms with E-state index in [0.717, 1.165) is 0 Å². The molecule has 146 valence electrons. The molecule has 1 fully saturated rings. The van der Waals surface area contributed by atoms with Crippen LogP contribution in [-0.2, 0) is 21.2 Å². The van der Waals surface area contributed by atoms with Crippen LogP contribution in [-0.4, -0.2) is 54.9 Å². The van der Waals surface area contributed by atoms with Gasteiger partial charge in [0.05, 0.1) is 6.42 Å². The van der Waals surface area contributed by atoms with Crippen LogP contribution in [0.1, 0.15) is 17.0 Å². The average molecular weight is 416 g/mol. The van der Waals surface area contributed by atoms with E-state index in [1.807, 2.05) is 0 Å². The van der Waals surface area contributed by atoms with Gasteiger partial charge in [-0.2, -0.15) is 4.31 Å². The summed E-state index contributed by atoms with van der Waals surface area (Å²) >= 11 is 5.97. The van der Waals surface area contributed by atoms with Crippen molar-refractivity contribution in [3.8, 4) is 0 Å². The molecule has 0 atom stereocenters.